The first-order chi connectivity index (χ1) is 10.5. The molecule has 0 aliphatic carbocycles. The van der Waals surface area contributed by atoms with E-state index in [0.717, 1.165) is 11.1 Å². The number of aliphatic carboxylic acids is 1. The number of ether oxygens (including phenoxy) is 2. The van der Waals surface area contributed by atoms with Crippen molar-refractivity contribution in [2.45, 2.75) is 25.8 Å². The standard InChI is InChI=1S/C16H23NO5/c1-12-5-3-4-6-13(12)14(11-16(19)20)17-15(18)7-8-22-10-9-21-2/h3-6,14H,7-11H2,1-2H3,(H,17,18)(H,19,20). The molecule has 6 heteroatoms. The second-order valence-electron chi connectivity index (χ2n) is 4.93. The smallest absolute Gasteiger partial charge is 0.305 e. The van der Waals surface area contributed by atoms with E-state index in [4.69, 9.17) is 14.6 Å². The lowest BCUT2D eigenvalue weighted by Crippen LogP contribution is -2.31. The fraction of sp³-hybridized carbons (Fsp3) is 0.500. The van der Waals surface area contributed by atoms with Crippen LogP contribution in [0.2, 0.25) is 0 Å². The molecule has 1 rings (SSSR count). The normalized spacial score (nSPS) is 11.9. The second kappa shape index (κ2) is 9.92. The molecule has 0 saturated heterocycles. The molecule has 122 valence electrons. The predicted molar refractivity (Wildman–Crippen MR) is 81.6 cm³/mol. The van der Waals surface area contributed by atoms with Gasteiger partial charge in [0, 0.05) is 13.5 Å². The van der Waals surface area contributed by atoms with Gasteiger partial charge in [0.2, 0.25) is 5.91 Å². The lowest BCUT2D eigenvalue weighted by atomic mass is 9.98. The highest BCUT2D eigenvalue weighted by Gasteiger charge is 2.19. The van der Waals surface area contributed by atoms with Crippen molar-refractivity contribution in [3.63, 3.8) is 0 Å². The number of carboxylic acids is 1. The largest absolute Gasteiger partial charge is 0.481 e. The van der Waals surface area contributed by atoms with Crippen molar-refractivity contribution in [3.05, 3.63) is 35.4 Å². The molecule has 0 saturated carbocycles. The molecule has 0 aromatic heterocycles. The van der Waals surface area contributed by atoms with Gasteiger partial charge in [-0.05, 0) is 18.1 Å². The highest BCUT2D eigenvalue weighted by Crippen LogP contribution is 2.20. The van der Waals surface area contributed by atoms with Gasteiger partial charge in [-0.1, -0.05) is 24.3 Å². The molecule has 0 radical (unpaired) electrons. The Kier molecular flexibility index (Phi) is 8.17. The Morgan fingerprint density at radius 1 is 1.23 bits per heavy atom. The average molecular weight is 309 g/mol. The number of aryl methyl sites for hydroxylation is 1. The monoisotopic (exact) mass is 309 g/mol. The van der Waals surface area contributed by atoms with Crippen LogP contribution >= 0.6 is 0 Å². The van der Waals surface area contributed by atoms with Gasteiger partial charge in [-0.25, -0.2) is 0 Å². The van der Waals surface area contributed by atoms with Crippen LogP contribution in [0.15, 0.2) is 24.3 Å². The molecule has 0 spiro atoms. The SMILES string of the molecule is COCCOCCC(=O)NC(CC(=O)O)c1ccccc1C. The number of methoxy groups -OCH3 is 1. The molecular formula is C16H23NO5. The molecule has 6 nitrogen and oxygen atoms in total. The van der Waals surface area contributed by atoms with Crippen LogP contribution in [0.5, 0.6) is 0 Å². The number of nitrogens with one attached hydrogen (secondary N) is 1. The molecule has 1 atom stereocenters. The first kappa shape index (κ1) is 18.1. The summed E-state index contributed by atoms with van der Waals surface area (Å²) in [6, 6.07) is 6.90. The summed E-state index contributed by atoms with van der Waals surface area (Å²) in [7, 11) is 1.58. The lowest BCUT2D eigenvalue weighted by Gasteiger charge is -2.19. The summed E-state index contributed by atoms with van der Waals surface area (Å²) in [4.78, 5) is 23.0. The Morgan fingerprint density at radius 3 is 2.59 bits per heavy atom. The van der Waals surface area contributed by atoms with Gasteiger partial charge in [0.15, 0.2) is 0 Å². The van der Waals surface area contributed by atoms with E-state index in [1.54, 1.807) is 7.11 Å². The van der Waals surface area contributed by atoms with E-state index in [0.29, 0.717) is 13.2 Å². The Bertz CT molecular complexity index is 489. The topological polar surface area (TPSA) is 84.9 Å². The third-order valence-corrected chi connectivity index (χ3v) is 3.18. The molecule has 0 heterocycles. The van der Waals surface area contributed by atoms with E-state index in [2.05, 4.69) is 5.32 Å². The summed E-state index contributed by atoms with van der Waals surface area (Å²) < 4.78 is 10.1. The Hall–Kier alpha value is -1.92. The van der Waals surface area contributed by atoms with E-state index < -0.39 is 12.0 Å². The Morgan fingerprint density at radius 2 is 1.95 bits per heavy atom. The molecule has 1 amide bonds. The number of rotatable bonds is 10. The number of carbonyl (C=O) groups is 2. The number of carbonyl (C=O) groups excluding carboxylic acids is 1. The van der Waals surface area contributed by atoms with E-state index in [9.17, 15) is 9.59 Å². The van der Waals surface area contributed by atoms with E-state index >= 15 is 0 Å². The molecule has 1 unspecified atom stereocenters. The number of benzene rings is 1. The quantitative estimate of drug-likeness (QED) is 0.642. The summed E-state index contributed by atoms with van der Waals surface area (Å²) in [6.07, 6.45) is 0.0346. The zero-order chi connectivity index (χ0) is 16.4. The van der Waals surface area contributed by atoms with Crippen LogP contribution in [0.1, 0.15) is 30.0 Å². The third-order valence-electron chi connectivity index (χ3n) is 3.18. The third kappa shape index (κ3) is 6.69. The molecule has 0 fully saturated rings. The van der Waals surface area contributed by atoms with Crippen LogP contribution in [-0.4, -0.2) is 43.9 Å². The lowest BCUT2D eigenvalue weighted by molar-refractivity contribution is -0.137. The summed E-state index contributed by atoms with van der Waals surface area (Å²) in [6.45, 7) is 3.08. The van der Waals surface area contributed by atoms with Crippen LogP contribution in [0, 0.1) is 6.92 Å². The van der Waals surface area contributed by atoms with Crippen molar-refractivity contribution < 1.29 is 24.2 Å². The molecule has 0 aliphatic rings. The second-order valence-corrected chi connectivity index (χ2v) is 4.93. The number of hydrogen-bond donors (Lipinski definition) is 2. The molecule has 0 aliphatic heterocycles. The molecular weight excluding hydrogens is 286 g/mol. The minimum Gasteiger partial charge on any atom is -0.481 e. The Balaban J connectivity index is 2.56. The number of hydrogen-bond acceptors (Lipinski definition) is 4. The van der Waals surface area contributed by atoms with Crippen LogP contribution in [0.25, 0.3) is 0 Å². The van der Waals surface area contributed by atoms with Gasteiger partial charge in [-0.2, -0.15) is 0 Å². The minimum absolute atomic E-state index is 0.152. The maximum absolute atomic E-state index is 11.9. The maximum Gasteiger partial charge on any atom is 0.305 e. The zero-order valence-corrected chi connectivity index (χ0v) is 13.0. The molecule has 0 bridgehead atoms. The van der Waals surface area contributed by atoms with Gasteiger partial charge in [-0.3, -0.25) is 9.59 Å². The van der Waals surface area contributed by atoms with Crippen LogP contribution in [0.4, 0.5) is 0 Å². The molecule has 1 aromatic rings. The van der Waals surface area contributed by atoms with Crippen LogP contribution < -0.4 is 5.32 Å². The van der Waals surface area contributed by atoms with Gasteiger partial charge >= 0.3 is 5.97 Å². The molecule has 2 N–H and O–H groups in total. The van der Waals surface area contributed by atoms with Crippen molar-refractivity contribution >= 4 is 11.9 Å². The van der Waals surface area contributed by atoms with Gasteiger partial charge < -0.3 is 19.9 Å². The van der Waals surface area contributed by atoms with E-state index in [-0.39, 0.29) is 25.4 Å². The van der Waals surface area contributed by atoms with Gasteiger partial charge in [0.05, 0.1) is 32.3 Å². The zero-order valence-electron chi connectivity index (χ0n) is 13.0. The average Bonchev–Trinajstić information content (AvgIpc) is 2.46. The summed E-state index contributed by atoms with van der Waals surface area (Å²) in [5.41, 5.74) is 1.77. The van der Waals surface area contributed by atoms with Crippen molar-refractivity contribution in [3.8, 4) is 0 Å². The van der Waals surface area contributed by atoms with E-state index in [1.807, 2.05) is 31.2 Å². The van der Waals surface area contributed by atoms with Gasteiger partial charge in [0.1, 0.15) is 0 Å². The maximum atomic E-state index is 11.9. The number of carboxylic acid groups (broad SMARTS) is 1. The summed E-state index contributed by atoms with van der Waals surface area (Å²) in [5.74, 6) is -1.18. The minimum atomic E-state index is -0.954. The van der Waals surface area contributed by atoms with Gasteiger partial charge in [-0.15, -0.1) is 0 Å². The highest BCUT2D eigenvalue weighted by atomic mass is 16.5. The van der Waals surface area contributed by atoms with Crippen molar-refractivity contribution in [1.82, 2.24) is 5.32 Å². The fourth-order valence-corrected chi connectivity index (χ4v) is 2.07. The van der Waals surface area contributed by atoms with Crippen molar-refractivity contribution in [2.24, 2.45) is 0 Å². The molecule has 22 heavy (non-hydrogen) atoms. The first-order valence-electron chi connectivity index (χ1n) is 7.18. The first-order valence-corrected chi connectivity index (χ1v) is 7.18. The Labute approximate surface area is 130 Å². The number of amides is 1. The summed E-state index contributed by atoms with van der Waals surface area (Å²) in [5, 5.41) is 11.8. The van der Waals surface area contributed by atoms with Crippen molar-refractivity contribution in [1.29, 1.82) is 0 Å². The van der Waals surface area contributed by atoms with Crippen LogP contribution in [0.3, 0.4) is 0 Å². The fourth-order valence-electron chi connectivity index (χ4n) is 2.07. The summed E-state index contributed by atoms with van der Waals surface area (Å²) >= 11 is 0. The van der Waals surface area contributed by atoms with Crippen molar-refractivity contribution in [2.75, 3.05) is 26.9 Å². The molecule has 1 aromatic carbocycles. The van der Waals surface area contributed by atoms with Gasteiger partial charge in [0.25, 0.3) is 0 Å². The van der Waals surface area contributed by atoms with E-state index in [1.165, 1.54) is 0 Å². The highest BCUT2D eigenvalue weighted by molar-refractivity contribution is 5.78. The van der Waals surface area contributed by atoms with Crippen LogP contribution in [-0.2, 0) is 19.1 Å². The predicted octanol–water partition coefficient (Wildman–Crippen LogP) is 1.68.